The molecule has 1 amide bonds. The molecule has 1 saturated heterocycles. The summed E-state index contributed by atoms with van der Waals surface area (Å²) in [4.78, 5) is 31.0. The summed E-state index contributed by atoms with van der Waals surface area (Å²) in [6, 6.07) is 13.1. The summed E-state index contributed by atoms with van der Waals surface area (Å²) in [6.07, 6.45) is 3.27. The molecule has 4 rings (SSSR count). The van der Waals surface area contributed by atoms with Crippen molar-refractivity contribution in [3.63, 3.8) is 0 Å². The van der Waals surface area contributed by atoms with E-state index in [0.29, 0.717) is 11.5 Å². The summed E-state index contributed by atoms with van der Waals surface area (Å²) >= 11 is 0. The van der Waals surface area contributed by atoms with Crippen LogP contribution in [0.2, 0.25) is 0 Å². The average molecular weight is 543 g/mol. The fraction of sp³-hybridized carbons (Fsp3) is 0.423. The van der Waals surface area contributed by atoms with Crippen LogP contribution in [0.15, 0.2) is 64.5 Å². The molecule has 2 unspecified atom stereocenters. The average Bonchev–Trinajstić information content (AvgIpc) is 2.95. The van der Waals surface area contributed by atoms with Gasteiger partial charge in [-0.2, -0.15) is 4.72 Å². The number of nitrogens with one attached hydrogen (secondary N) is 4. The van der Waals surface area contributed by atoms with Gasteiger partial charge in [-0.05, 0) is 61.6 Å². The maximum Gasteiger partial charge on any atom is 0.323 e. The Bertz CT molecular complexity index is 1240. The summed E-state index contributed by atoms with van der Waals surface area (Å²) in [5.74, 6) is -0.517. The normalized spacial score (nSPS) is 18.6. The van der Waals surface area contributed by atoms with Gasteiger partial charge in [-0.25, -0.2) is 8.42 Å². The molecule has 0 saturated carbocycles. The van der Waals surface area contributed by atoms with Gasteiger partial charge in [-0.1, -0.05) is 18.2 Å². The largest absolute Gasteiger partial charge is 0.480 e. The number of hydrogen-bond donors (Lipinski definition) is 5. The van der Waals surface area contributed by atoms with E-state index in [1.165, 1.54) is 12.1 Å². The third-order valence-electron chi connectivity index (χ3n) is 6.58. The fourth-order valence-electron chi connectivity index (χ4n) is 4.51. The van der Waals surface area contributed by atoms with Crippen molar-refractivity contribution >= 4 is 33.5 Å². The van der Waals surface area contributed by atoms with Crippen LogP contribution < -0.4 is 25.6 Å². The maximum atomic E-state index is 12.7. The molecule has 2 atom stereocenters. The van der Waals surface area contributed by atoms with Crippen molar-refractivity contribution in [3.8, 4) is 0 Å². The standard InChI is InChI=1S/C26H34N6O5S/c33-24(29-17-23(25(34)35)31-38(36,37)22-7-2-1-3-8-22)20-9-11-21(12-10-20)32-15-4-6-19(18-32)16-30-26-27-13-5-14-28-26/h1-3,7-12,19,23,31H,4-6,13-18H2,(H,29,33)(H,34,35)(H2,27,28,30). The maximum absolute atomic E-state index is 12.7. The van der Waals surface area contributed by atoms with Crippen molar-refractivity contribution in [2.75, 3.05) is 44.2 Å². The Hall–Kier alpha value is -3.64. The first-order chi connectivity index (χ1) is 18.3. The molecule has 0 bridgehead atoms. The van der Waals surface area contributed by atoms with Gasteiger partial charge in [0, 0.05) is 50.5 Å². The first-order valence-electron chi connectivity index (χ1n) is 12.8. The zero-order chi connectivity index (χ0) is 27.0. The van der Waals surface area contributed by atoms with Gasteiger partial charge in [0.25, 0.3) is 5.91 Å². The number of carboxylic acid groups (broad SMARTS) is 1. The molecule has 0 aliphatic carbocycles. The number of anilines is 1. The Kier molecular flexibility index (Phi) is 9.19. The van der Waals surface area contributed by atoms with Gasteiger partial charge in [0.1, 0.15) is 6.04 Å². The van der Waals surface area contributed by atoms with Crippen molar-refractivity contribution in [3.05, 3.63) is 60.2 Å². The second-order valence-corrected chi connectivity index (χ2v) is 11.1. The molecule has 2 aliphatic rings. The van der Waals surface area contributed by atoms with Gasteiger partial charge in [0.05, 0.1) is 4.90 Å². The number of rotatable bonds is 10. The molecule has 2 aliphatic heterocycles. The van der Waals surface area contributed by atoms with Crippen molar-refractivity contribution in [2.24, 2.45) is 10.9 Å². The van der Waals surface area contributed by atoms with Crippen LogP contribution in [0.4, 0.5) is 5.69 Å². The number of hydrogen-bond acceptors (Lipinski definition) is 8. The van der Waals surface area contributed by atoms with E-state index in [2.05, 4.69) is 30.6 Å². The third-order valence-corrected chi connectivity index (χ3v) is 8.07. The Morgan fingerprint density at radius 1 is 1.11 bits per heavy atom. The Labute approximate surface area is 222 Å². The van der Waals surface area contributed by atoms with Gasteiger partial charge in [0.15, 0.2) is 5.96 Å². The highest BCUT2D eigenvalue weighted by molar-refractivity contribution is 7.89. The van der Waals surface area contributed by atoms with E-state index in [1.54, 1.807) is 30.3 Å². The van der Waals surface area contributed by atoms with Gasteiger partial charge in [-0.3, -0.25) is 14.6 Å². The highest BCUT2D eigenvalue weighted by Gasteiger charge is 2.26. The van der Waals surface area contributed by atoms with Crippen LogP contribution in [0.1, 0.15) is 29.6 Å². The number of amides is 1. The fourth-order valence-corrected chi connectivity index (χ4v) is 5.72. The third kappa shape index (κ3) is 7.45. The number of sulfonamides is 1. The molecule has 1 fully saturated rings. The molecular weight excluding hydrogens is 508 g/mol. The van der Waals surface area contributed by atoms with Crippen LogP contribution in [0.5, 0.6) is 0 Å². The number of aliphatic imine (C=N–C) groups is 1. The Morgan fingerprint density at radius 2 is 1.87 bits per heavy atom. The Morgan fingerprint density at radius 3 is 2.55 bits per heavy atom. The number of carboxylic acids is 1. The van der Waals surface area contributed by atoms with E-state index in [1.807, 2.05) is 12.1 Å². The molecular formula is C26H34N6O5S. The first kappa shape index (κ1) is 27.4. The zero-order valence-corrected chi connectivity index (χ0v) is 21.9. The number of guanidine groups is 1. The van der Waals surface area contributed by atoms with Gasteiger partial charge < -0.3 is 26.0 Å². The molecule has 12 heteroatoms. The summed E-state index contributed by atoms with van der Waals surface area (Å²) < 4.78 is 27.1. The van der Waals surface area contributed by atoms with E-state index < -0.39 is 34.5 Å². The minimum Gasteiger partial charge on any atom is -0.480 e. The van der Waals surface area contributed by atoms with E-state index in [-0.39, 0.29) is 4.90 Å². The number of piperidine rings is 1. The van der Waals surface area contributed by atoms with Crippen molar-refractivity contribution in [1.82, 2.24) is 20.7 Å². The lowest BCUT2D eigenvalue weighted by Crippen LogP contribution is -2.48. The predicted molar refractivity (Wildman–Crippen MR) is 145 cm³/mol. The lowest BCUT2D eigenvalue weighted by atomic mass is 9.97. The number of carbonyl (C=O) groups is 2. The minimum absolute atomic E-state index is 0.0525. The second-order valence-electron chi connectivity index (χ2n) is 9.43. The molecule has 204 valence electrons. The van der Waals surface area contributed by atoms with Gasteiger partial charge >= 0.3 is 5.97 Å². The molecule has 2 heterocycles. The number of nitrogens with zero attached hydrogens (tertiary/aromatic N) is 2. The number of benzene rings is 2. The zero-order valence-electron chi connectivity index (χ0n) is 21.1. The topological polar surface area (TPSA) is 152 Å². The first-order valence-corrected chi connectivity index (χ1v) is 14.3. The van der Waals surface area contributed by atoms with Gasteiger partial charge in [0.2, 0.25) is 10.0 Å². The van der Waals surface area contributed by atoms with Gasteiger partial charge in [-0.15, -0.1) is 0 Å². The number of aliphatic carboxylic acids is 1. The van der Waals surface area contributed by atoms with Crippen LogP contribution in [0.3, 0.4) is 0 Å². The van der Waals surface area contributed by atoms with E-state index in [4.69, 9.17) is 0 Å². The molecule has 0 aromatic heterocycles. The quantitative estimate of drug-likeness (QED) is 0.298. The van der Waals surface area contributed by atoms with Crippen LogP contribution in [-0.4, -0.2) is 76.7 Å². The Balaban J connectivity index is 1.29. The molecule has 38 heavy (non-hydrogen) atoms. The SMILES string of the molecule is O=C(NCC(NS(=O)(=O)c1ccccc1)C(=O)O)c1ccc(N2CCCC(CNC3=NCCCN3)C2)cc1. The molecule has 2 aromatic rings. The molecule has 2 aromatic carbocycles. The highest BCUT2D eigenvalue weighted by Crippen LogP contribution is 2.23. The summed E-state index contributed by atoms with van der Waals surface area (Å²) in [6.45, 7) is 4.08. The lowest BCUT2D eigenvalue weighted by Gasteiger charge is -2.35. The lowest BCUT2D eigenvalue weighted by molar-refractivity contribution is -0.138. The molecule has 0 radical (unpaired) electrons. The highest BCUT2D eigenvalue weighted by atomic mass is 32.2. The van der Waals surface area contributed by atoms with Crippen molar-refractivity contribution < 1.29 is 23.1 Å². The summed E-state index contributed by atoms with van der Waals surface area (Å²) in [5.41, 5.74) is 1.37. The van der Waals surface area contributed by atoms with Crippen molar-refractivity contribution in [1.29, 1.82) is 0 Å². The molecule has 0 spiro atoms. The minimum atomic E-state index is -4.05. The monoisotopic (exact) mass is 542 g/mol. The van der Waals surface area contributed by atoms with E-state index in [0.717, 1.165) is 63.6 Å². The molecule has 5 N–H and O–H groups in total. The van der Waals surface area contributed by atoms with Crippen molar-refractivity contribution in [2.45, 2.75) is 30.2 Å². The van der Waals surface area contributed by atoms with Crippen LogP contribution >= 0.6 is 0 Å². The molecule has 11 nitrogen and oxygen atoms in total. The second kappa shape index (κ2) is 12.7. The summed E-state index contributed by atoms with van der Waals surface area (Å²) in [5, 5.41) is 18.7. The number of carbonyl (C=O) groups excluding carboxylic acids is 1. The van der Waals surface area contributed by atoms with Crippen LogP contribution in [-0.2, 0) is 14.8 Å². The van der Waals surface area contributed by atoms with Crippen LogP contribution in [0.25, 0.3) is 0 Å². The van der Waals surface area contributed by atoms with E-state index in [9.17, 15) is 23.1 Å². The predicted octanol–water partition coefficient (Wildman–Crippen LogP) is 1.00. The smallest absolute Gasteiger partial charge is 0.323 e. The van der Waals surface area contributed by atoms with E-state index >= 15 is 0 Å². The summed E-state index contributed by atoms with van der Waals surface area (Å²) in [7, 11) is -4.05. The van der Waals surface area contributed by atoms with Crippen LogP contribution in [0, 0.1) is 5.92 Å².